The van der Waals surface area contributed by atoms with Crippen molar-refractivity contribution >= 4 is 18.0 Å². The number of hydrogen-bond donors (Lipinski definition) is 3. The maximum atomic E-state index is 13.1. The molecule has 7 nitrogen and oxygen atoms in total. The first kappa shape index (κ1) is 26.1. The third-order valence-corrected chi connectivity index (χ3v) is 6.00. The number of ether oxygens (including phenoxy) is 1. The molecule has 3 rings (SSSR count). The fourth-order valence-electron chi connectivity index (χ4n) is 4.07. The van der Waals surface area contributed by atoms with Crippen LogP contribution >= 0.6 is 0 Å². The number of rotatable bonds is 10. The molecule has 2 atom stereocenters. The van der Waals surface area contributed by atoms with E-state index in [1.54, 1.807) is 0 Å². The Balaban J connectivity index is 1.46. The van der Waals surface area contributed by atoms with Gasteiger partial charge in [-0.25, -0.2) is 4.79 Å². The molecule has 2 amide bonds. The second-order valence-electron chi connectivity index (χ2n) is 8.48. The number of alkyl carbamates (subject to hydrolysis) is 1. The maximum absolute atomic E-state index is 13.1. The van der Waals surface area contributed by atoms with Crippen LogP contribution in [-0.2, 0) is 14.3 Å². The lowest BCUT2D eigenvalue weighted by Gasteiger charge is -2.23. The van der Waals surface area contributed by atoms with Gasteiger partial charge in [-0.3, -0.25) is 9.59 Å². The van der Waals surface area contributed by atoms with Gasteiger partial charge >= 0.3 is 18.2 Å². The van der Waals surface area contributed by atoms with E-state index >= 15 is 0 Å². The zero-order valence-corrected chi connectivity index (χ0v) is 19.1. The number of alkyl halides is 3. The summed E-state index contributed by atoms with van der Waals surface area (Å²) in [6, 6.07) is 13.5. The average molecular weight is 492 g/mol. The van der Waals surface area contributed by atoms with Crippen LogP contribution in [0.3, 0.4) is 0 Å². The Kier molecular flexibility index (Phi) is 8.37. The molecule has 0 saturated carbocycles. The van der Waals surface area contributed by atoms with E-state index in [4.69, 9.17) is 9.84 Å². The van der Waals surface area contributed by atoms with Crippen molar-refractivity contribution in [3.63, 3.8) is 0 Å². The highest BCUT2D eigenvalue weighted by Crippen LogP contribution is 2.44. The second kappa shape index (κ2) is 11.2. The summed E-state index contributed by atoms with van der Waals surface area (Å²) in [7, 11) is 0. The number of hydrogen-bond acceptors (Lipinski definition) is 4. The molecule has 0 spiro atoms. The van der Waals surface area contributed by atoms with Crippen molar-refractivity contribution in [3.05, 3.63) is 59.7 Å². The van der Waals surface area contributed by atoms with Crippen LogP contribution in [0.15, 0.2) is 48.5 Å². The number of halogens is 3. The lowest BCUT2D eigenvalue weighted by molar-refractivity contribution is -0.165. The van der Waals surface area contributed by atoms with Crippen LogP contribution in [0, 0.1) is 5.92 Å². The van der Waals surface area contributed by atoms with Crippen LogP contribution in [-0.4, -0.2) is 48.4 Å². The van der Waals surface area contributed by atoms with Crippen LogP contribution in [0.25, 0.3) is 11.1 Å². The van der Waals surface area contributed by atoms with E-state index < -0.39 is 48.9 Å². The number of carboxylic acid groups (broad SMARTS) is 1. The first-order chi connectivity index (χ1) is 16.6. The molecule has 1 unspecified atom stereocenters. The minimum Gasteiger partial charge on any atom is -0.481 e. The summed E-state index contributed by atoms with van der Waals surface area (Å²) in [5.41, 5.74) is 4.32. The number of amides is 2. The number of carbonyl (C=O) groups is 3. The Morgan fingerprint density at radius 3 is 2.11 bits per heavy atom. The molecule has 10 heteroatoms. The van der Waals surface area contributed by atoms with Crippen molar-refractivity contribution in [1.82, 2.24) is 10.6 Å². The fraction of sp³-hybridized carbons (Fsp3) is 0.400. The number of carboxylic acids is 1. The molecule has 3 N–H and O–H groups in total. The monoisotopic (exact) mass is 492 g/mol. The first-order valence-electron chi connectivity index (χ1n) is 11.3. The molecular formula is C25H27F3N2O5. The Morgan fingerprint density at radius 1 is 1.00 bits per heavy atom. The van der Waals surface area contributed by atoms with E-state index in [9.17, 15) is 27.6 Å². The highest BCUT2D eigenvalue weighted by atomic mass is 19.4. The van der Waals surface area contributed by atoms with Gasteiger partial charge in [0, 0.05) is 24.8 Å². The van der Waals surface area contributed by atoms with Gasteiger partial charge < -0.3 is 20.5 Å². The molecule has 0 fully saturated rings. The molecule has 2 aromatic rings. The lowest BCUT2D eigenvalue weighted by Crippen LogP contribution is -2.47. The number of benzene rings is 2. The highest BCUT2D eigenvalue weighted by molar-refractivity contribution is 5.79. The SMILES string of the molecule is CC(CCNC(=O)OCC1c2ccccc2-c2ccccc21)C(=O)N[C@@H](CCC(=O)O)C(F)(F)F. The summed E-state index contributed by atoms with van der Waals surface area (Å²) in [6.45, 7) is 1.57. The molecule has 0 bridgehead atoms. The van der Waals surface area contributed by atoms with Crippen LogP contribution < -0.4 is 10.6 Å². The molecule has 0 aliphatic heterocycles. The third-order valence-electron chi connectivity index (χ3n) is 6.00. The van der Waals surface area contributed by atoms with Gasteiger partial charge in [0.2, 0.25) is 5.91 Å². The van der Waals surface area contributed by atoms with E-state index in [0.29, 0.717) is 0 Å². The minimum atomic E-state index is -4.76. The van der Waals surface area contributed by atoms with E-state index in [2.05, 4.69) is 5.32 Å². The molecule has 0 radical (unpaired) electrons. The Morgan fingerprint density at radius 2 is 1.57 bits per heavy atom. The van der Waals surface area contributed by atoms with Crippen molar-refractivity contribution in [2.75, 3.05) is 13.2 Å². The number of nitrogens with one attached hydrogen (secondary N) is 2. The second-order valence-corrected chi connectivity index (χ2v) is 8.48. The van der Waals surface area contributed by atoms with E-state index in [1.165, 1.54) is 6.92 Å². The fourth-order valence-corrected chi connectivity index (χ4v) is 4.07. The van der Waals surface area contributed by atoms with Crippen molar-refractivity contribution < 1.29 is 37.4 Å². The van der Waals surface area contributed by atoms with E-state index in [-0.39, 0.29) is 25.5 Å². The number of aliphatic carboxylic acids is 1. The Hall–Kier alpha value is -3.56. The predicted octanol–water partition coefficient (Wildman–Crippen LogP) is 4.46. The minimum absolute atomic E-state index is 0.0249. The molecule has 0 heterocycles. The lowest BCUT2D eigenvalue weighted by atomic mass is 9.98. The van der Waals surface area contributed by atoms with E-state index in [1.807, 2.05) is 53.8 Å². The Labute approximate surface area is 200 Å². The van der Waals surface area contributed by atoms with E-state index in [0.717, 1.165) is 22.3 Å². The van der Waals surface area contributed by atoms with Gasteiger partial charge in [-0.05, 0) is 35.1 Å². The standard InChI is InChI=1S/C25H27F3N2O5/c1-15(23(33)30-21(25(26,27)28)10-11-22(31)32)12-13-29-24(34)35-14-20-18-8-4-2-6-16(18)17-7-3-5-9-19(17)20/h2-9,15,20-21H,10-14H2,1H3,(H,29,34)(H,30,33)(H,31,32)/t15?,21-/m0/s1. The predicted molar refractivity (Wildman–Crippen MR) is 122 cm³/mol. The van der Waals surface area contributed by atoms with Crippen LogP contribution in [0.4, 0.5) is 18.0 Å². The summed E-state index contributed by atoms with van der Waals surface area (Å²) >= 11 is 0. The smallest absolute Gasteiger partial charge is 0.408 e. The van der Waals surface area contributed by atoms with Gasteiger partial charge in [0.1, 0.15) is 12.6 Å². The summed E-state index contributed by atoms with van der Waals surface area (Å²) in [5.74, 6) is -3.19. The van der Waals surface area contributed by atoms with Gasteiger partial charge in [0.25, 0.3) is 0 Å². The molecule has 35 heavy (non-hydrogen) atoms. The molecular weight excluding hydrogens is 465 g/mol. The largest absolute Gasteiger partial charge is 0.481 e. The van der Waals surface area contributed by atoms with Crippen LogP contribution in [0.2, 0.25) is 0 Å². The van der Waals surface area contributed by atoms with Gasteiger partial charge in [0.05, 0.1) is 0 Å². The Bertz CT molecular complexity index is 1030. The zero-order valence-electron chi connectivity index (χ0n) is 19.1. The molecule has 188 valence electrons. The topological polar surface area (TPSA) is 105 Å². The van der Waals surface area contributed by atoms with Crippen LogP contribution in [0.5, 0.6) is 0 Å². The van der Waals surface area contributed by atoms with Gasteiger partial charge in [-0.15, -0.1) is 0 Å². The van der Waals surface area contributed by atoms with Crippen molar-refractivity contribution in [3.8, 4) is 11.1 Å². The number of fused-ring (bicyclic) bond motifs is 3. The zero-order chi connectivity index (χ0) is 25.6. The summed E-state index contributed by atoms with van der Waals surface area (Å²) < 4.78 is 44.6. The normalized spacial score (nSPS) is 14.4. The quantitative estimate of drug-likeness (QED) is 0.454. The van der Waals surface area contributed by atoms with Crippen molar-refractivity contribution in [1.29, 1.82) is 0 Å². The molecule has 0 saturated heterocycles. The first-order valence-corrected chi connectivity index (χ1v) is 11.3. The summed E-state index contributed by atoms with van der Waals surface area (Å²) in [5, 5.41) is 13.0. The van der Waals surface area contributed by atoms with Crippen molar-refractivity contribution in [2.45, 2.75) is 44.3 Å². The molecule has 1 aliphatic carbocycles. The third kappa shape index (κ3) is 6.74. The molecule has 2 aromatic carbocycles. The summed E-state index contributed by atoms with van der Waals surface area (Å²) in [6.07, 6.45) is -6.84. The maximum Gasteiger partial charge on any atom is 0.408 e. The van der Waals surface area contributed by atoms with Gasteiger partial charge in [-0.2, -0.15) is 13.2 Å². The summed E-state index contributed by atoms with van der Waals surface area (Å²) in [4.78, 5) is 34.9. The molecule has 0 aromatic heterocycles. The highest BCUT2D eigenvalue weighted by Gasteiger charge is 2.41. The van der Waals surface area contributed by atoms with Gasteiger partial charge in [-0.1, -0.05) is 55.5 Å². The average Bonchev–Trinajstić information content (AvgIpc) is 3.13. The molecule has 1 aliphatic rings. The van der Waals surface area contributed by atoms with Gasteiger partial charge in [0.15, 0.2) is 0 Å². The van der Waals surface area contributed by atoms with Crippen LogP contribution in [0.1, 0.15) is 43.2 Å². The number of carbonyl (C=O) groups excluding carboxylic acids is 2. The van der Waals surface area contributed by atoms with Crippen molar-refractivity contribution in [2.24, 2.45) is 5.92 Å².